The van der Waals surface area contributed by atoms with E-state index in [-0.39, 0.29) is 18.9 Å². The summed E-state index contributed by atoms with van der Waals surface area (Å²) >= 11 is 9.26. The second-order valence-corrected chi connectivity index (χ2v) is 8.18. The summed E-state index contributed by atoms with van der Waals surface area (Å²) in [5, 5.41) is 7.14. The first-order valence-electron chi connectivity index (χ1n) is 9.79. The first-order valence-corrected chi connectivity index (χ1v) is 11.0. The number of rotatable bonds is 9. The molecule has 0 radical (unpaired) electrons. The largest absolute Gasteiger partial charge is 0.488 e. The summed E-state index contributed by atoms with van der Waals surface area (Å²) < 4.78 is 6.74. The predicted molar refractivity (Wildman–Crippen MR) is 129 cm³/mol. The molecular weight excluding hydrogens is 494 g/mol. The van der Waals surface area contributed by atoms with Gasteiger partial charge < -0.3 is 10.1 Å². The van der Waals surface area contributed by atoms with Crippen molar-refractivity contribution in [1.29, 1.82) is 0 Å². The van der Waals surface area contributed by atoms with Gasteiger partial charge in [0.15, 0.2) is 0 Å². The minimum Gasteiger partial charge on any atom is -0.488 e. The lowest BCUT2D eigenvalue weighted by Gasteiger charge is -2.10. The maximum atomic E-state index is 12.0. The fourth-order valence-electron chi connectivity index (χ4n) is 2.73. The van der Waals surface area contributed by atoms with Crippen LogP contribution in [0.25, 0.3) is 0 Å². The average Bonchev–Trinajstić information content (AvgIpc) is 2.79. The summed E-state index contributed by atoms with van der Waals surface area (Å²) in [6.45, 7) is 0.231. The smallest absolute Gasteiger partial charge is 0.259 e. The fourth-order valence-corrected chi connectivity index (χ4v) is 3.23. The van der Waals surface area contributed by atoms with Crippen molar-refractivity contribution in [3.8, 4) is 5.75 Å². The Kier molecular flexibility index (Phi) is 8.83. The summed E-state index contributed by atoms with van der Waals surface area (Å²) in [6.07, 6.45) is 1.66. The number of ether oxygens (including phenoxy) is 1. The number of carbonyl (C=O) groups excluding carboxylic acids is 2. The third-order valence-electron chi connectivity index (χ3n) is 4.33. The van der Waals surface area contributed by atoms with Gasteiger partial charge in [-0.15, -0.1) is 0 Å². The van der Waals surface area contributed by atoms with Crippen LogP contribution in [0.5, 0.6) is 5.75 Å². The molecule has 0 spiro atoms. The van der Waals surface area contributed by atoms with Gasteiger partial charge >= 0.3 is 0 Å². The van der Waals surface area contributed by atoms with Crippen molar-refractivity contribution < 1.29 is 14.3 Å². The van der Waals surface area contributed by atoms with Gasteiger partial charge in [-0.05, 0) is 41.5 Å². The van der Waals surface area contributed by atoms with Crippen molar-refractivity contribution in [1.82, 2.24) is 10.7 Å². The lowest BCUT2D eigenvalue weighted by molar-refractivity contribution is -0.125. The van der Waals surface area contributed by atoms with Crippen LogP contribution in [0.1, 0.15) is 16.7 Å². The first kappa shape index (κ1) is 23.5. The van der Waals surface area contributed by atoms with Crippen LogP contribution in [0.3, 0.4) is 0 Å². The van der Waals surface area contributed by atoms with Crippen LogP contribution in [0.15, 0.2) is 82.4 Å². The number of halogens is 2. The van der Waals surface area contributed by atoms with Gasteiger partial charge in [0.25, 0.3) is 5.91 Å². The second-order valence-electron chi connectivity index (χ2n) is 6.83. The van der Waals surface area contributed by atoms with E-state index in [0.717, 1.165) is 15.6 Å². The zero-order valence-corrected chi connectivity index (χ0v) is 19.4. The summed E-state index contributed by atoms with van der Waals surface area (Å²) in [6, 6.07) is 22.3. The van der Waals surface area contributed by atoms with E-state index in [9.17, 15) is 9.59 Å². The molecule has 2 amide bonds. The van der Waals surface area contributed by atoms with E-state index < -0.39 is 5.91 Å². The zero-order chi connectivity index (χ0) is 22.8. The number of nitrogens with one attached hydrogen (secondary N) is 2. The van der Waals surface area contributed by atoms with Gasteiger partial charge in [-0.3, -0.25) is 9.59 Å². The Labute approximate surface area is 199 Å². The van der Waals surface area contributed by atoms with E-state index in [1.165, 1.54) is 6.21 Å². The standard InChI is InChI=1S/C24H21BrClN3O3/c25-20-8-11-22(32-16-18-4-2-1-3-5-18)19(13-20)14-28-29-24(31)15-27-23(30)12-17-6-9-21(26)10-7-17/h1-11,13-14H,12,15-16H2,(H,27,30)(H,29,31). The third-order valence-corrected chi connectivity index (χ3v) is 5.07. The van der Waals surface area contributed by atoms with Crippen LogP contribution < -0.4 is 15.5 Å². The summed E-state index contributed by atoms with van der Waals surface area (Å²) in [5.41, 5.74) is 4.95. The molecule has 2 N–H and O–H groups in total. The molecule has 0 fully saturated rings. The molecule has 6 nitrogen and oxygen atoms in total. The van der Waals surface area contributed by atoms with Crippen molar-refractivity contribution in [3.05, 3.63) is 99.0 Å². The van der Waals surface area contributed by atoms with Gasteiger partial charge in [0, 0.05) is 15.1 Å². The molecule has 0 aliphatic heterocycles. The third kappa shape index (κ3) is 7.83. The molecule has 0 aliphatic rings. The molecule has 8 heteroatoms. The number of amides is 2. The molecule has 0 aliphatic carbocycles. The zero-order valence-electron chi connectivity index (χ0n) is 17.1. The Balaban J connectivity index is 1.49. The monoisotopic (exact) mass is 513 g/mol. The van der Waals surface area contributed by atoms with Crippen molar-refractivity contribution in [2.45, 2.75) is 13.0 Å². The maximum absolute atomic E-state index is 12.0. The van der Waals surface area contributed by atoms with Crippen LogP contribution in [0.4, 0.5) is 0 Å². The summed E-state index contributed by atoms with van der Waals surface area (Å²) in [4.78, 5) is 24.0. The van der Waals surface area contributed by atoms with Crippen LogP contribution in [0.2, 0.25) is 5.02 Å². The predicted octanol–water partition coefficient (Wildman–Crippen LogP) is 4.49. The van der Waals surface area contributed by atoms with Gasteiger partial charge in [0.05, 0.1) is 19.2 Å². The fraction of sp³-hybridized carbons (Fsp3) is 0.125. The molecule has 164 valence electrons. The molecule has 0 saturated heterocycles. The minimum absolute atomic E-state index is 0.161. The molecule has 0 saturated carbocycles. The Hall–Kier alpha value is -3.16. The lowest BCUT2D eigenvalue weighted by Crippen LogP contribution is -2.35. The SMILES string of the molecule is O=C(Cc1ccc(Cl)cc1)NCC(=O)NN=Cc1cc(Br)ccc1OCc1ccccc1. The first-order chi connectivity index (χ1) is 15.5. The van der Waals surface area contributed by atoms with E-state index in [4.69, 9.17) is 16.3 Å². The van der Waals surface area contributed by atoms with Crippen LogP contribution in [-0.2, 0) is 22.6 Å². The highest BCUT2D eigenvalue weighted by atomic mass is 79.9. The van der Waals surface area contributed by atoms with E-state index in [2.05, 4.69) is 31.8 Å². The van der Waals surface area contributed by atoms with Crippen molar-refractivity contribution in [2.75, 3.05) is 6.54 Å². The Morgan fingerprint density at radius 3 is 2.47 bits per heavy atom. The number of hydrazone groups is 1. The summed E-state index contributed by atoms with van der Waals surface area (Å²) in [7, 11) is 0. The lowest BCUT2D eigenvalue weighted by atomic mass is 10.1. The quantitative estimate of drug-likeness (QED) is 0.326. The molecule has 0 bridgehead atoms. The Morgan fingerprint density at radius 2 is 1.72 bits per heavy atom. The topological polar surface area (TPSA) is 79.8 Å². The van der Waals surface area contributed by atoms with E-state index in [1.807, 2.05) is 48.5 Å². The van der Waals surface area contributed by atoms with Gasteiger partial charge in [-0.1, -0.05) is 70.0 Å². The van der Waals surface area contributed by atoms with Crippen molar-refractivity contribution in [3.63, 3.8) is 0 Å². The van der Waals surface area contributed by atoms with Crippen LogP contribution >= 0.6 is 27.5 Å². The van der Waals surface area contributed by atoms with Crippen LogP contribution in [0, 0.1) is 0 Å². The molecule has 32 heavy (non-hydrogen) atoms. The molecule has 0 atom stereocenters. The van der Waals surface area contributed by atoms with E-state index in [0.29, 0.717) is 22.9 Å². The van der Waals surface area contributed by atoms with Gasteiger partial charge in [-0.25, -0.2) is 5.43 Å². The minimum atomic E-state index is -0.438. The second kappa shape index (κ2) is 12.0. The molecule has 3 aromatic carbocycles. The summed E-state index contributed by atoms with van der Waals surface area (Å²) in [5.74, 6) is -0.0752. The molecule has 3 rings (SSSR count). The molecule has 3 aromatic rings. The molecule has 0 heterocycles. The number of carbonyl (C=O) groups is 2. The van der Waals surface area contributed by atoms with Crippen molar-refractivity contribution >= 4 is 45.6 Å². The number of hydrogen-bond donors (Lipinski definition) is 2. The normalized spacial score (nSPS) is 10.7. The number of nitrogens with zero attached hydrogens (tertiary/aromatic N) is 1. The van der Waals surface area contributed by atoms with Gasteiger partial charge in [0.1, 0.15) is 12.4 Å². The van der Waals surface area contributed by atoms with E-state index >= 15 is 0 Å². The van der Waals surface area contributed by atoms with Gasteiger partial charge in [-0.2, -0.15) is 5.10 Å². The highest BCUT2D eigenvalue weighted by Gasteiger charge is 2.07. The number of benzene rings is 3. The highest BCUT2D eigenvalue weighted by Crippen LogP contribution is 2.22. The molecule has 0 aromatic heterocycles. The Morgan fingerprint density at radius 1 is 0.969 bits per heavy atom. The molecular formula is C24H21BrClN3O3. The molecule has 0 unspecified atom stereocenters. The maximum Gasteiger partial charge on any atom is 0.259 e. The highest BCUT2D eigenvalue weighted by molar-refractivity contribution is 9.10. The Bertz CT molecular complexity index is 1090. The van der Waals surface area contributed by atoms with E-state index in [1.54, 1.807) is 24.3 Å². The number of hydrogen-bond acceptors (Lipinski definition) is 4. The van der Waals surface area contributed by atoms with Crippen LogP contribution in [-0.4, -0.2) is 24.6 Å². The van der Waals surface area contributed by atoms with Gasteiger partial charge in [0.2, 0.25) is 5.91 Å². The average molecular weight is 515 g/mol. The van der Waals surface area contributed by atoms with Crippen molar-refractivity contribution in [2.24, 2.45) is 5.10 Å².